The van der Waals surface area contributed by atoms with Crippen LogP contribution in [0.1, 0.15) is 53.5 Å². The van der Waals surface area contributed by atoms with E-state index in [0.717, 1.165) is 31.2 Å². The number of nitrogens with zero attached hydrogens (tertiary/aromatic N) is 1. The average Bonchev–Trinajstić information content (AvgIpc) is 3.38. The molecule has 0 spiro atoms. The Morgan fingerprint density at radius 3 is 2.49 bits per heavy atom. The SMILES string of the molecule is NCC1CCC(C(=O)NC(Cc2cccc(OC(F)F)c2)c2nc(-c3ccc(C(N)=O)cc3)c[nH]2)CC1. The van der Waals surface area contributed by atoms with Crippen molar-refractivity contribution in [2.24, 2.45) is 23.3 Å². The van der Waals surface area contributed by atoms with E-state index in [-0.39, 0.29) is 17.6 Å². The third-order valence-corrected chi connectivity index (χ3v) is 6.82. The first kappa shape index (κ1) is 26.3. The van der Waals surface area contributed by atoms with Gasteiger partial charge in [-0.05, 0) is 68.0 Å². The molecule has 37 heavy (non-hydrogen) atoms. The zero-order valence-electron chi connectivity index (χ0n) is 20.3. The number of hydrogen-bond donors (Lipinski definition) is 4. The standard InChI is InChI=1S/C27H31F2N5O3/c28-27(29)37-21-3-1-2-17(12-21)13-22(34-26(36)20-6-4-16(14-30)5-7-20)25-32-15-23(33-25)18-8-10-19(11-9-18)24(31)35/h1-3,8-12,15-16,20,22,27H,4-7,13-14,30H2,(H2,31,35)(H,32,33)(H,34,36). The number of aromatic nitrogens is 2. The molecule has 1 aliphatic carbocycles. The highest BCUT2D eigenvalue weighted by Crippen LogP contribution is 2.30. The van der Waals surface area contributed by atoms with Crippen LogP contribution in [0.4, 0.5) is 8.78 Å². The van der Waals surface area contributed by atoms with Gasteiger partial charge >= 0.3 is 6.61 Å². The number of carbonyl (C=O) groups is 2. The Morgan fingerprint density at radius 1 is 1.11 bits per heavy atom. The van der Waals surface area contributed by atoms with Crippen LogP contribution in [0.3, 0.4) is 0 Å². The summed E-state index contributed by atoms with van der Waals surface area (Å²) in [6, 6.07) is 12.6. The fourth-order valence-electron chi connectivity index (χ4n) is 4.72. The summed E-state index contributed by atoms with van der Waals surface area (Å²) in [4.78, 5) is 32.4. The minimum atomic E-state index is -2.93. The van der Waals surface area contributed by atoms with Gasteiger partial charge in [-0.2, -0.15) is 8.78 Å². The number of amides is 2. The first-order valence-corrected chi connectivity index (χ1v) is 12.3. The molecular weight excluding hydrogens is 480 g/mol. The van der Waals surface area contributed by atoms with Crippen LogP contribution in [0.25, 0.3) is 11.3 Å². The molecule has 6 N–H and O–H groups in total. The minimum absolute atomic E-state index is 0.0485. The van der Waals surface area contributed by atoms with Gasteiger partial charge in [0.15, 0.2) is 0 Å². The third-order valence-electron chi connectivity index (χ3n) is 6.82. The van der Waals surface area contributed by atoms with E-state index in [4.69, 9.17) is 16.5 Å². The zero-order valence-corrected chi connectivity index (χ0v) is 20.3. The molecule has 1 atom stereocenters. The maximum Gasteiger partial charge on any atom is 0.387 e. The molecule has 2 amide bonds. The lowest BCUT2D eigenvalue weighted by Gasteiger charge is -2.28. The van der Waals surface area contributed by atoms with Gasteiger partial charge in [-0.1, -0.05) is 24.3 Å². The topological polar surface area (TPSA) is 136 Å². The van der Waals surface area contributed by atoms with Gasteiger partial charge in [-0.15, -0.1) is 0 Å². The van der Waals surface area contributed by atoms with Gasteiger partial charge in [0.25, 0.3) is 0 Å². The van der Waals surface area contributed by atoms with E-state index in [0.29, 0.717) is 41.5 Å². The number of nitrogens with two attached hydrogens (primary N) is 2. The number of nitrogens with one attached hydrogen (secondary N) is 2. The number of benzene rings is 2. The van der Waals surface area contributed by atoms with E-state index in [2.05, 4.69) is 15.0 Å². The summed E-state index contributed by atoms with van der Waals surface area (Å²) < 4.78 is 30.0. The third kappa shape index (κ3) is 6.91. The average molecular weight is 512 g/mol. The summed E-state index contributed by atoms with van der Waals surface area (Å²) in [6.07, 6.45) is 5.41. The van der Waals surface area contributed by atoms with Crippen molar-refractivity contribution >= 4 is 11.8 Å². The van der Waals surface area contributed by atoms with E-state index in [9.17, 15) is 18.4 Å². The monoisotopic (exact) mass is 511 g/mol. The second-order valence-corrected chi connectivity index (χ2v) is 9.36. The summed E-state index contributed by atoms with van der Waals surface area (Å²) in [5.74, 6) is 0.325. The van der Waals surface area contributed by atoms with Crippen molar-refractivity contribution in [3.8, 4) is 17.0 Å². The maximum atomic E-state index is 13.2. The van der Waals surface area contributed by atoms with E-state index in [1.54, 1.807) is 42.6 Å². The fraction of sp³-hybridized carbons (Fsp3) is 0.370. The first-order valence-electron chi connectivity index (χ1n) is 12.3. The highest BCUT2D eigenvalue weighted by molar-refractivity contribution is 5.93. The van der Waals surface area contributed by atoms with E-state index < -0.39 is 18.6 Å². The quantitative estimate of drug-likeness (QED) is 0.327. The molecule has 1 unspecified atom stereocenters. The number of hydrogen-bond acceptors (Lipinski definition) is 5. The van der Waals surface area contributed by atoms with Crippen molar-refractivity contribution in [2.75, 3.05) is 6.54 Å². The molecule has 196 valence electrons. The van der Waals surface area contributed by atoms with Crippen LogP contribution >= 0.6 is 0 Å². The minimum Gasteiger partial charge on any atom is -0.435 e. The van der Waals surface area contributed by atoms with Gasteiger partial charge in [0.2, 0.25) is 11.8 Å². The molecule has 8 nitrogen and oxygen atoms in total. The summed E-state index contributed by atoms with van der Waals surface area (Å²) in [5.41, 5.74) is 13.6. The second kappa shape index (κ2) is 12.0. The summed E-state index contributed by atoms with van der Waals surface area (Å²) in [5, 5.41) is 3.12. The summed E-state index contributed by atoms with van der Waals surface area (Å²) >= 11 is 0. The van der Waals surface area contributed by atoms with E-state index in [1.807, 2.05) is 0 Å². The molecule has 1 saturated carbocycles. The predicted molar refractivity (Wildman–Crippen MR) is 135 cm³/mol. The molecule has 0 saturated heterocycles. The number of rotatable bonds is 10. The number of halogens is 2. The molecule has 1 aromatic heterocycles. The van der Waals surface area contributed by atoms with E-state index in [1.165, 1.54) is 12.1 Å². The number of imidazole rings is 1. The van der Waals surface area contributed by atoms with Crippen molar-refractivity contribution < 1.29 is 23.1 Å². The second-order valence-electron chi connectivity index (χ2n) is 9.36. The lowest BCUT2D eigenvalue weighted by Crippen LogP contribution is -2.37. The first-order chi connectivity index (χ1) is 17.8. The molecule has 1 heterocycles. The normalized spacial score (nSPS) is 18.4. The summed E-state index contributed by atoms with van der Waals surface area (Å²) in [6.45, 7) is -2.30. The number of primary amides is 1. The number of aromatic amines is 1. The van der Waals surface area contributed by atoms with Gasteiger partial charge in [0.1, 0.15) is 11.6 Å². The smallest absolute Gasteiger partial charge is 0.387 e. The van der Waals surface area contributed by atoms with Crippen molar-refractivity contribution in [1.82, 2.24) is 15.3 Å². The molecular formula is C27H31F2N5O3. The summed E-state index contributed by atoms with van der Waals surface area (Å²) in [7, 11) is 0. The van der Waals surface area contributed by atoms with Gasteiger partial charge in [-0.3, -0.25) is 9.59 Å². The molecule has 0 radical (unpaired) electrons. The van der Waals surface area contributed by atoms with Crippen LogP contribution in [-0.4, -0.2) is 34.9 Å². The highest BCUT2D eigenvalue weighted by Gasteiger charge is 2.28. The van der Waals surface area contributed by atoms with Crippen LogP contribution in [0, 0.1) is 11.8 Å². The Hall–Kier alpha value is -3.79. The lowest BCUT2D eigenvalue weighted by molar-refractivity contribution is -0.127. The maximum absolute atomic E-state index is 13.2. The lowest BCUT2D eigenvalue weighted by atomic mass is 9.81. The van der Waals surface area contributed by atoms with E-state index >= 15 is 0 Å². The number of alkyl halides is 2. The van der Waals surface area contributed by atoms with Crippen molar-refractivity contribution in [1.29, 1.82) is 0 Å². The molecule has 4 rings (SSSR count). The predicted octanol–water partition coefficient (Wildman–Crippen LogP) is 3.94. The number of ether oxygens (including phenoxy) is 1. The van der Waals surface area contributed by atoms with Crippen LogP contribution in [0.15, 0.2) is 54.7 Å². The van der Waals surface area contributed by atoms with Crippen LogP contribution in [0.2, 0.25) is 0 Å². The Balaban J connectivity index is 1.55. The molecule has 0 bridgehead atoms. The Kier molecular flexibility index (Phi) is 8.50. The molecule has 1 aliphatic rings. The van der Waals surface area contributed by atoms with Gasteiger partial charge in [0.05, 0.1) is 11.7 Å². The molecule has 0 aliphatic heterocycles. The van der Waals surface area contributed by atoms with Crippen molar-refractivity contribution in [3.63, 3.8) is 0 Å². The van der Waals surface area contributed by atoms with Crippen molar-refractivity contribution in [2.45, 2.75) is 44.8 Å². The molecule has 1 fully saturated rings. The van der Waals surface area contributed by atoms with Gasteiger partial charge in [-0.25, -0.2) is 4.98 Å². The highest BCUT2D eigenvalue weighted by atomic mass is 19.3. The number of carbonyl (C=O) groups excluding carboxylic acids is 2. The Labute approximate surface area is 213 Å². The Bertz CT molecular complexity index is 1210. The molecule has 2 aromatic carbocycles. The van der Waals surface area contributed by atoms with Gasteiger partial charge in [0, 0.05) is 29.7 Å². The molecule has 10 heteroatoms. The fourth-order valence-corrected chi connectivity index (χ4v) is 4.72. The largest absolute Gasteiger partial charge is 0.435 e. The zero-order chi connectivity index (χ0) is 26.4. The van der Waals surface area contributed by atoms with Gasteiger partial charge < -0.3 is 26.5 Å². The Morgan fingerprint density at radius 2 is 1.84 bits per heavy atom. The van der Waals surface area contributed by atoms with Crippen molar-refractivity contribution in [3.05, 3.63) is 71.7 Å². The van der Waals surface area contributed by atoms with Crippen LogP contribution in [0.5, 0.6) is 5.75 Å². The van der Waals surface area contributed by atoms with Crippen LogP contribution < -0.4 is 21.5 Å². The van der Waals surface area contributed by atoms with Crippen LogP contribution in [-0.2, 0) is 11.2 Å². The number of H-pyrrole nitrogens is 1. The molecule has 3 aromatic rings.